The van der Waals surface area contributed by atoms with Gasteiger partial charge in [-0.2, -0.15) is 26.3 Å². The Labute approximate surface area is 233 Å². The van der Waals surface area contributed by atoms with Gasteiger partial charge in [-0.05, 0) is 30.9 Å². The van der Waals surface area contributed by atoms with Crippen LogP contribution in [0.25, 0.3) is 11.6 Å². The molecular weight excluding hydrogens is 558 g/mol. The molecule has 0 saturated heterocycles. The molecule has 4 rings (SSSR count). The van der Waals surface area contributed by atoms with Gasteiger partial charge >= 0.3 is 12.4 Å². The lowest BCUT2D eigenvalue weighted by Gasteiger charge is -2.34. The number of hydrogen-bond acceptors (Lipinski definition) is 8. The van der Waals surface area contributed by atoms with Crippen LogP contribution in [-0.2, 0) is 23.1 Å². The lowest BCUT2D eigenvalue weighted by Crippen LogP contribution is -2.47. The first kappa shape index (κ1) is 33.8. The van der Waals surface area contributed by atoms with Gasteiger partial charge in [0, 0.05) is 6.42 Å². The van der Waals surface area contributed by atoms with Gasteiger partial charge in [-0.25, -0.2) is 4.98 Å². The van der Waals surface area contributed by atoms with Crippen LogP contribution < -0.4 is 10.5 Å². The van der Waals surface area contributed by atoms with Crippen molar-refractivity contribution in [1.29, 1.82) is 0 Å². The van der Waals surface area contributed by atoms with Crippen molar-refractivity contribution in [2.24, 2.45) is 0 Å². The third-order valence-electron chi connectivity index (χ3n) is 5.77. The molecule has 1 aliphatic heterocycles. The van der Waals surface area contributed by atoms with Crippen LogP contribution in [0.4, 0.5) is 32.0 Å². The van der Waals surface area contributed by atoms with E-state index in [1.165, 1.54) is 0 Å². The van der Waals surface area contributed by atoms with Gasteiger partial charge in [-0.15, -0.1) is 10.2 Å². The summed E-state index contributed by atoms with van der Waals surface area (Å²) < 4.78 is 100. The van der Waals surface area contributed by atoms with Crippen LogP contribution in [0.5, 0.6) is 5.88 Å². The molecule has 1 aromatic carbocycles. The number of aromatic nitrogens is 3. The third-order valence-corrected chi connectivity index (χ3v) is 5.77. The van der Waals surface area contributed by atoms with Gasteiger partial charge < -0.3 is 24.7 Å². The van der Waals surface area contributed by atoms with Gasteiger partial charge in [0.2, 0.25) is 11.5 Å². The number of aliphatic hydroxyl groups excluding tert-OH is 1. The number of nitrogens with two attached hydrogens (primary N) is 1. The van der Waals surface area contributed by atoms with Gasteiger partial charge in [-0.1, -0.05) is 58.0 Å². The van der Waals surface area contributed by atoms with Crippen molar-refractivity contribution in [3.8, 4) is 17.5 Å². The number of rotatable bonds is 3. The highest BCUT2D eigenvalue weighted by Gasteiger charge is 2.62. The highest BCUT2D eigenvalue weighted by molar-refractivity contribution is 5.68. The van der Waals surface area contributed by atoms with Crippen LogP contribution in [0.2, 0.25) is 0 Å². The van der Waals surface area contributed by atoms with Crippen LogP contribution in [0.1, 0.15) is 70.4 Å². The van der Waals surface area contributed by atoms with E-state index in [9.17, 15) is 31.4 Å². The molecule has 0 aliphatic carbocycles. The lowest BCUT2D eigenvalue weighted by molar-refractivity contribution is -0.305. The van der Waals surface area contributed by atoms with E-state index in [4.69, 9.17) is 19.6 Å². The van der Waals surface area contributed by atoms with Crippen LogP contribution in [-0.4, -0.2) is 39.2 Å². The van der Waals surface area contributed by atoms with E-state index in [1.807, 2.05) is 27.7 Å². The van der Waals surface area contributed by atoms with Crippen molar-refractivity contribution in [1.82, 2.24) is 15.2 Å². The summed E-state index contributed by atoms with van der Waals surface area (Å²) in [6, 6.07) is 8.56. The van der Waals surface area contributed by atoms with E-state index in [-0.39, 0.29) is 25.9 Å². The Morgan fingerprint density at radius 1 is 1.02 bits per heavy atom. The lowest BCUT2D eigenvalue weighted by atomic mass is 9.92. The number of alkyl halides is 6. The second-order valence-electron chi connectivity index (χ2n) is 8.49. The fourth-order valence-corrected chi connectivity index (χ4v) is 3.87. The number of hydrogen-bond donors (Lipinski definition) is 2. The number of nitrogen functional groups attached to an aromatic ring is 1. The number of anilines is 1. The van der Waals surface area contributed by atoms with E-state index in [0.29, 0.717) is 11.6 Å². The van der Waals surface area contributed by atoms with Gasteiger partial charge in [0.25, 0.3) is 11.8 Å². The van der Waals surface area contributed by atoms with Gasteiger partial charge in [0.1, 0.15) is 5.56 Å². The number of pyridine rings is 1. The minimum atomic E-state index is -5.13. The fraction of sp³-hybridized carbons (Fsp3) is 0.519. The summed E-state index contributed by atoms with van der Waals surface area (Å²) >= 11 is 0. The molecule has 2 unspecified atom stereocenters. The first-order valence-electron chi connectivity index (χ1n) is 13.2. The Morgan fingerprint density at radius 3 is 2.29 bits per heavy atom. The monoisotopic (exact) mass is 592 g/mol. The molecule has 2 atom stereocenters. The number of fused-ring (bicyclic) bond motifs is 5. The molecule has 3 aromatic rings. The predicted octanol–water partition coefficient (Wildman–Crippen LogP) is 7.07. The van der Waals surface area contributed by atoms with Crippen molar-refractivity contribution in [3.63, 3.8) is 0 Å². The number of aliphatic hydroxyl groups is 1. The average molecular weight is 593 g/mol. The van der Waals surface area contributed by atoms with E-state index in [1.54, 1.807) is 30.3 Å². The van der Waals surface area contributed by atoms with Crippen molar-refractivity contribution >= 4 is 5.69 Å². The van der Waals surface area contributed by atoms with Crippen LogP contribution in [0, 0.1) is 0 Å². The summed E-state index contributed by atoms with van der Waals surface area (Å²) in [6.07, 6.45) is -12.3. The molecule has 0 radical (unpaired) electrons. The smallest absolute Gasteiger partial charge is 0.426 e. The number of ether oxygens (including phenoxy) is 2. The zero-order chi connectivity index (χ0) is 30.8. The minimum Gasteiger partial charge on any atom is -0.477 e. The molecule has 8 nitrogen and oxygen atoms in total. The Balaban J connectivity index is 0.00000141. The minimum absolute atomic E-state index is 0.122. The highest BCUT2D eigenvalue weighted by atomic mass is 19.4. The van der Waals surface area contributed by atoms with E-state index in [2.05, 4.69) is 15.2 Å². The maximum atomic E-state index is 14.6. The average Bonchev–Trinajstić information content (AvgIpc) is 3.43. The summed E-state index contributed by atoms with van der Waals surface area (Å²) in [4.78, 5) is 3.76. The largest absolute Gasteiger partial charge is 0.477 e. The molecule has 1 aliphatic rings. The summed E-state index contributed by atoms with van der Waals surface area (Å²) in [6.45, 7) is 7.25. The Morgan fingerprint density at radius 2 is 1.68 bits per heavy atom. The summed E-state index contributed by atoms with van der Waals surface area (Å²) in [5.41, 5.74) is 0.607. The molecule has 41 heavy (non-hydrogen) atoms. The molecule has 14 heteroatoms. The van der Waals surface area contributed by atoms with E-state index in [0.717, 1.165) is 0 Å². The Kier molecular flexibility index (Phi) is 11.9. The van der Waals surface area contributed by atoms with Gasteiger partial charge in [0.15, 0.2) is 5.69 Å². The van der Waals surface area contributed by atoms with Crippen LogP contribution in [0.15, 0.2) is 40.8 Å². The molecule has 0 saturated carbocycles. The van der Waals surface area contributed by atoms with Crippen molar-refractivity contribution in [3.05, 3.63) is 53.4 Å². The van der Waals surface area contributed by atoms with E-state index >= 15 is 0 Å². The molecule has 3 N–H and O–H groups in total. The topological polar surface area (TPSA) is 117 Å². The number of benzene rings is 1. The summed E-state index contributed by atoms with van der Waals surface area (Å²) in [7, 11) is 0. The van der Waals surface area contributed by atoms with Crippen LogP contribution in [0.3, 0.4) is 0 Å². The fourth-order valence-electron chi connectivity index (χ4n) is 3.87. The second-order valence-corrected chi connectivity index (χ2v) is 8.49. The molecule has 2 aromatic heterocycles. The number of nitrogens with zero attached hydrogens (tertiary/aromatic N) is 3. The molecule has 0 amide bonds. The zero-order valence-corrected chi connectivity index (χ0v) is 23.1. The molecule has 228 valence electrons. The molecule has 4 bridgehead atoms. The Bertz CT molecular complexity index is 1220. The van der Waals surface area contributed by atoms with Crippen molar-refractivity contribution in [2.45, 2.75) is 84.0 Å². The standard InChI is InChI=1S/C23H22F6N4O4.2C2H6/c24-22(25,26)15-10-16(30)17-19-32-33-20(37-19)21(23(27,28)29,36-12-13-6-2-1-3-7-13)11-14(34)8-4-5-9-35-18(15)31-17;2*1-2/h1-3,6-7,10,14,34H,4-5,8-9,11-12,30H2;2*1-2H3. The quantitative estimate of drug-likeness (QED) is 0.310. The molecule has 0 spiro atoms. The molecular formula is C27H34F6N4O4. The van der Waals surface area contributed by atoms with Gasteiger partial charge in [0.05, 0.1) is 25.0 Å². The number of halogens is 6. The SMILES string of the molecule is CC.CC.Nc1cc(C(F)(F)F)c2nc1-c1nnc(o1)C(OCc1ccccc1)(C(F)(F)F)CC(O)CCCCO2. The van der Waals surface area contributed by atoms with Crippen molar-refractivity contribution < 1.29 is 45.3 Å². The highest BCUT2D eigenvalue weighted by Crippen LogP contribution is 2.47. The summed E-state index contributed by atoms with van der Waals surface area (Å²) in [5.74, 6) is -2.56. The third kappa shape index (κ3) is 8.09. The zero-order valence-electron chi connectivity index (χ0n) is 23.1. The first-order chi connectivity index (χ1) is 19.4. The van der Waals surface area contributed by atoms with Gasteiger partial charge in [-0.3, -0.25) is 0 Å². The maximum absolute atomic E-state index is 14.6. The molecule has 3 heterocycles. The second kappa shape index (κ2) is 14.5. The predicted molar refractivity (Wildman–Crippen MR) is 139 cm³/mol. The van der Waals surface area contributed by atoms with Crippen LogP contribution >= 0.6 is 0 Å². The Hall–Kier alpha value is -3.39. The maximum Gasteiger partial charge on any atom is 0.426 e. The summed E-state index contributed by atoms with van der Waals surface area (Å²) in [5, 5.41) is 17.6. The van der Waals surface area contributed by atoms with Crippen molar-refractivity contribution in [2.75, 3.05) is 12.3 Å². The first-order valence-corrected chi connectivity index (χ1v) is 13.2. The molecule has 0 fully saturated rings. The normalized spacial score (nSPS) is 19.4. The van der Waals surface area contributed by atoms with E-state index < -0.39 is 71.7 Å².